The van der Waals surface area contributed by atoms with Gasteiger partial charge in [-0.25, -0.2) is 0 Å². The summed E-state index contributed by atoms with van der Waals surface area (Å²) in [5.41, 5.74) is 1.16. The van der Waals surface area contributed by atoms with E-state index in [1.807, 2.05) is 18.2 Å². The Morgan fingerprint density at radius 2 is 2.00 bits per heavy atom. The van der Waals surface area contributed by atoms with Crippen molar-refractivity contribution in [3.63, 3.8) is 0 Å². The van der Waals surface area contributed by atoms with E-state index < -0.39 is 0 Å². The lowest BCUT2D eigenvalue weighted by Crippen LogP contribution is -2.37. The lowest BCUT2D eigenvalue weighted by atomic mass is 10.2. The Balaban J connectivity index is 1.39. The molecule has 1 aromatic carbocycles. The monoisotopic (exact) mass is 273 g/mol. The van der Waals surface area contributed by atoms with Crippen LogP contribution < -0.4 is 10.6 Å². The largest absolute Gasteiger partial charge is 0.381 e. The third kappa shape index (κ3) is 3.97. The smallest absolute Gasteiger partial charge is 0.234 e. The van der Waals surface area contributed by atoms with Crippen molar-refractivity contribution in [1.29, 1.82) is 0 Å². The zero-order valence-corrected chi connectivity index (χ0v) is 11.8. The number of nitrogens with one attached hydrogen (secondary N) is 2. The zero-order chi connectivity index (χ0) is 13.8. The van der Waals surface area contributed by atoms with Crippen molar-refractivity contribution in [3.8, 4) is 0 Å². The lowest BCUT2D eigenvalue weighted by molar-refractivity contribution is -0.122. The first kappa shape index (κ1) is 13.4. The third-order valence-corrected chi connectivity index (χ3v) is 4.07. The Hall–Kier alpha value is -1.55. The van der Waals surface area contributed by atoms with Gasteiger partial charge in [-0.05, 0) is 37.3 Å². The fourth-order valence-corrected chi connectivity index (χ4v) is 2.70. The van der Waals surface area contributed by atoms with Gasteiger partial charge < -0.3 is 10.6 Å². The van der Waals surface area contributed by atoms with E-state index in [2.05, 4.69) is 27.7 Å². The summed E-state index contributed by atoms with van der Waals surface area (Å²) < 4.78 is 0. The van der Waals surface area contributed by atoms with E-state index in [0.29, 0.717) is 12.6 Å². The molecule has 20 heavy (non-hydrogen) atoms. The molecule has 0 unspecified atom stereocenters. The fourth-order valence-electron chi connectivity index (χ4n) is 2.70. The van der Waals surface area contributed by atoms with E-state index in [1.54, 1.807) is 0 Å². The average Bonchev–Trinajstić information content (AvgIpc) is 3.19. The first-order valence-corrected chi connectivity index (χ1v) is 7.60. The van der Waals surface area contributed by atoms with Gasteiger partial charge in [0.2, 0.25) is 5.91 Å². The van der Waals surface area contributed by atoms with Crippen LogP contribution in [-0.4, -0.2) is 43.0 Å². The highest BCUT2D eigenvalue weighted by Crippen LogP contribution is 2.27. The second kappa shape index (κ2) is 6.27. The minimum Gasteiger partial charge on any atom is -0.381 e. The van der Waals surface area contributed by atoms with Gasteiger partial charge in [0, 0.05) is 31.4 Å². The van der Waals surface area contributed by atoms with Crippen LogP contribution in [0.5, 0.6) is 0 Å². The molecule has 2 N–H and O–H groups in total. The Labute approximate surface area is 120 Å². The Morgan fingerprint density at radius 3 is 2.75 bits per heavy atom. The molecule has 1 heterocycles. The number of carbonyl (C=O) groups is 1. The Morgan fingerprint density at radius 1 is 1.20 bits per heavy atom. The standard InChI is InChI=1S/C16H23N3O/c20-16(17-10-13-6-7-13)12-19-9-8-15(11-19)18-14-4-2-1-3-5-14/h1-5,13,15,18H,6-12H2,(H,17,20)/t15-/m1/s1. The van der Waals surface area contributed by atoms with Crippen molar-refractivity contribution in [1.82, 2.24) is 10.2 Å². The summed E-state index contributed by atoms with van der Waals surface area (Å²) in [4.78, 5) is 14.1. The molecule has 2 aliphatic rings. The number of hydrogen-bond acceptors (Lipinski definition) is 3. The van der Waals surface area contributed by atoms with E-state index in [1.165, 1.54) is 12.8 Å². The second-order valence-electron chi connectivity index (χ2n) is 5.98. The molecule has 4 nitrogen and oxygen atoms in total. The molecule has 1 aromatic rings. The van der Waals surface area contributed by atoms with Crippen molar-refractivity contribution in [2.24, 2.45) is 5.92 Å². The molecule has 1 aliphatic heterocycles. The number of likely N-dealkylation sites (tertiary alicyclic amines) is 1. The number of hydrogen-bond donors (Lipinski definition) is 2. The van der Waals surface area contributed by atoms with Crippen LogP contribution in [0.1, 0.15) is 19.3 Å². The van der Waals surface area contributed by atoms with Crippen LogP contribution in [-0.2, 0) is 4.79 Å². The van der Waals surface area contributed by atoms with Gasteiger partial charge in [-0.2, -0.15) is 0 Å². The third-order valence-electron chi connectivity index (χ3n) is 4.07. The van der Waals surface area contributed by atoms with Crippen LogP contribution in [0.25, 0.3) is 0 Å². The summed E-state index contributed by atoms with van der Waals surface area (Å²) in [5, 5.41) is 6.57. The van der Waals surface area contributed by atoms with Crippen LogP contribution in [0.2, 0.25) is 0 Å². The van der Waals surface area contributed by atoms with Crippen molar-refractivity contribution in [2.45, 2.75) is 25.3 Å². The van der Waals surface area contributed by atoms with Crippen LogP contribution in [0.3, 0.4) is 0 Å². The van der Waals surface area contributed by atoms with Gasteiger partial charge in [-0.15, -0.1) is 0 Å². The molecule has 1 atom stereocenters. The van der Waals surface area contributed by atoms with Crippen LogP contribution >= 0.6 is 0 Å². The average molecular weight is 273 g/mol. The van der Waals surface area contributed by atoms with Gasteiger partial charge in [0.25, 0.3) is 0 Å². The van der Waals surface area contributed by atoms with Gasteiger partial charge in [0.1, 0.15) is 0 Å². The van der Waals surface area contributed by atoms with Crippen LogP contribution in [0.15, 0.2) is 30.3 Å². The highest BCUT2D eigenvalue weighted by Gasteiger charge is 2.25. The summed E-state index contributed by atoms with van der Waals surface area (Å²) in [5.74, 6) is 0.933. The summed E-state index contributed by atoms with van der Waals surface area (Å²) in [6.45, 7) is 3.37. The zero-order valence-electron chi connectivity index (χ0n) is 11.8. The van der Waals surface area contributed by atoms with E-state index in [4.69, 9.17) is 0 Å². The second-order valence-corrected chi connectivity index (χ2v) is 5.98. The predicted molar refractivity (Wildman–Crippen MR) is 80.6 cm³/mol. The first-order valence-electron chi connectivity index (χ1n) is 7.60. The first-order chi connectivity index (χ1) is 9.79. The Kier molecular flexibility index (Phi) is 4.21. The normalized spacial score (nSPS) is 22.7. The highest BCUT2D eigenvalue weighted by molar-refractivity contribution is 5.78. The molecule has 1 amide bonds. The number of para-hydroxylation sites is 1. The number of amides is 1. The van der Waals surface area contributed by atoms with E-state index in [0.717, 1.165) is 37.7 Å². The minimum absolute atomic E-state index is 0.178. The van der Waals surface area contributed by atoms with Gasteiger partial charge in [-0.1, -0.05) is 18.2 Å². The van der Waals surface area contributed by atoms with Crippen LogP contribution in [0.4, 0.5) is 5.69 Å². The molecule has 0 aromatic heterocycles. The quantitative estimate of drug-likeness (QED) is 0.829. The van der Waals surface area contributed by atoms with Gasteiger partial charge in [0.15, 0.2) is 0 Å². The summed E-state index contributed by atoms with van der Waals surface area (Å²) in [6, 6.07) is 10.7. The number of carbonyl (C=O) groups excluding carboxylic acids is 1. The molecule has 1 saturated carbocycles. The van der Waals surface area contributed by atoms with E-state index >= 15 is 0 Å². The fraction of sp³-hybridized carbons (Fsp3) is 0.562. The molecule has 4 heteroatoms. The minimum atomic E-state index is 0.178. The summed E-state index contributed by atoms with van der Waals surface area (Å²) >= 11 is 0. The number of nitrogens with zero attached hydrogens (tertiary/aromatic N) is 1. The predicted octanol–water partition coefficient (Wildman–Crippen LogP) is 1.70. The molecular formula is C16H23N3O. The van der Waals surface area contributed by atoms with Gasteiger partial charge >= 0.3 is 0 Å². The Bertz CT molecular complexity index is 444. The lowest BCUT2D eigenvalue weighted by Gasteiger charge is -2.17. The van der Waals surface area contributed by atoms with E-state index in [-0.39, 0.29) is 5.91 Å². The molecule has 0 bridgehead atoms. The molecule has 1 saturated heterocycles. The molecular weight excluding hydrogens is 250 g/mol. The molecule has 108 valence electrons. The van der Waals surface area contributed by atoms with Crippen molar-refractivity contribution in [3.05, 3.63) is 30.3 Å². The SMILES string of the molecule is O=C(CN1CC[C@@H](Nc2ccccc2)C1)NCC1CC1. The topological polar surface area (TPSA) is 44.4 Å². The molecule has 0 radical (unpaired) electrons. The molecule has 0 spiro atoms. The number of anilines is 1. The summed E-state index contributed by atoms with van der Waals surface area (Å²) in [6.07, 6.45) is 3.67. The van der Waals surface area contributed by atoms with Crippen LogP contribution in [0, 0.1) is 5.92 Å². The van der Waals surface area contributed by atoms with Crippen molar-refractivity contribution in [2.75, 3.05) is 31.5 Å². The molecule has 2 fully saturated rings. The maximum Gasteiger partial charge on any atom is 0.234 e. The maximum absolute atomic E-state index is 11.8. The maximum atomic E-state index is 11.8. The van der Waals surface area contributed by atoms with Gasteiger partial charge in [0.05, 0.1) is 6.54 Å². The van der Waals surface area contributed by atoms with Crippen molar-refractivity contribution >= 4 is 11.6 Å². The number of rotatable bonds is 6. The van der Waals surface area contributed by atoms with Gasteiger partial charge in [-0.3, -0.25) is 9.69 Å². The van der Waals surface area contributed by atoms with E-state index in [9.17, 15) is 4.79 Å². The number of benzene rings is 1. The van der Waals surface area contributed by atoms with Crippen molar-refractivity contribution < 1.29 is 4.79 Å². The molecule has 3 rings (SSSR count). The highest BCUT2D eigenvalue weighted by atomic mass is 16.2. The molecule has 1 aliphatic carbocycles. The summed E-state index contributed by atoms with van der Waals surface area (Å²) in [7, 11) is 0.